The fraction of sp³-hybridized carbons (Fsp3) is 0.222. The van der Waals surface area contributed by atoms with E-state index in [0.717, 1.165) is 48.1 Å². The van der Waals surface area contributed by atoms with E-state index in [1.165, 1.54) is 17.7 Å². The molecule has 1 aliphatic heterocycles. The highest BCUT2D eigenvalue weighted by Crippen LogP contribution is 2.34. The van der Waals surface area contributed by atoms with Crippen LogP contribution in [0, 0.1) is 25.2 Å². The molecule has 0 aliphatic carbocycles. The van der Waals surface area contributed by atoms with Gasteiger partial charge in [0.1, 0.15) is 5.82 Å². The lowest BCUT2D eigenvalue weighted by Gasteiger charge is -2.14. The quantitative estimate of drug-likeness (QED) is 0.377. The van der Waals surface area contributed by atoms with Crippen molar-refractivity contribution in [3.05, 3.63) is 83.5 Å². The normalized spacial score (nSPS) is 15.5. The number of benzene rings is 3. The number of anilines is 1. The van der Waals surface area contributed by atoms with E-state index < -0.39 is 5.82 Å². The summed E-state index contributed by atoms with van der Waals surface area (Å²) in [7, 11) is 0. The topological polar surface area (TPSA) is 54.2 Å². The predicted octanol–water partition coefficient (Wildman–Crippen LogP) is 5.98. The number of nitrogens with zero attached hydrogens (tertiary/aromatic N) is 3. The molecule has 0 unspecified atom stereocenters. The zero-order chi connectivity index (χ0) is 22.8. The molecule has 5 rings (SSSR count). The number of aryl methyl sites for hydroxylation is 1. The third kappa shape index (κ3) is 4.28. The van der Waals surface area contributed by atoms with Crippen LogP contribution in [-0.4, -0.2) is 29.6 Å². The Kier molecular flexibility index (Phi) is 5.72. The van der Waals surface area contributed by atoms with Crippen LogP contribution in [-0.2, 0) is 0 Å². The standard InChI is InChI=1S/C27H24FN5/c1-17-5-3-4-6-21(17)19-7-9-24-22(13-19)26(20-8-10-25(29-2)23(28)14-20)33-27(32-24)31-16-18-11-12-30-15-18/h3-10,13-14,18,30H,11-12,15-16H2,1H3,(H,31,32,33)/t18-/m0/s1. The van der Waals surface area contributed by atoms with Crippen molar-refractivity contribution >= 4 is 22.5 Å². The van der Waals surface area contributed by atoms with Gasteiger partial charge in [0.2, 0.25) is 11.6 Å². The molecular formula is C27H24FN5. The van der Waals surface area contributed by atoms with Gasteiger partial charge in [-0.3, -0.25) is 0 Å². The molecule has 164 valence electrons. The van der Waals surface area contributed by atoms with Crippen molar-refractivity contribution in [2.45, 2.75) is 13.3 Å². The van der Waals surface area contributed by atoms with Gasteiger partial charge in [-0.1, -0.05) is 42.5 Å². The second-order valence-corrected chi connectivity index (χ2v) is 8.46. The molecular weight excluding hydrogens is 413 g/mol. The van der Waals surface area contributed by atoms with Gasteiger partial charge in [-0.05, 0) is 67.2 Å². The van der Waals surface area contributed by atoms with E-state index in [-0.39, 0.29) is 5.69 Å². The van der Waals surface area contributed by atoms with Crippen LogP contribution >= 0.6 is 0 Å². The molecule has 1 saturated heterocycles. The minimum atomic E-state index is -0.546. The molecule has 1 aliphatic rings. The highest BCUT2D eigenvalue weighted by Gasteiger charge is 2.17. The molecule has 0 amide bonds. The smallest absolute Gasteiger partial charge is 0.223 e. The largest absolute Gasteiger partial charge is 0.354 e. The van der Waals surface area contributed by atoms with Crippen LogP contribution < -0.4 is 10.6 Å². The summed E-state index contributed by atoms with van der Waals surface area (Å²) in [6.07, 6.45) is 1.12. The van der Waals surface area contributed by atoms with E-state index in [1.54, 1.807) is 6.07 Å². The average molecular weight is 438 g/mol. The maximum Gasteiger partial charge on any atom is 0.223 e. The lowest BCUT2D eigenvalue weighted by atomic mass is 9.97. The first-order valence-corrected chi connectivity index (χ1v) is 11.1. The summed E-state index contributed by atoms with van der Waals surface area (Å²) in [5, 5.41) is 7.60. The van der Waals surface area contributed by atoms with E-state index in [9.17, 15) is 4.39 Å². The number of nitrogens with one attached hydrogen (secondary N) is 2. The second kappa shape index (κ2) is 8.97. The van der Waals surface area contributed by atoms with E-state index >= 15 is 0 Å². The van der Waals surface area contributed by atoms with Crippen molar-refractivity contribution in [1.29, 1.82) is 0 Å². The molecule has 0 saturated carbocycles. The van der Waals surface area contributed by atoms with Crippen LogP contribution in [0.15, 0.2) is 60.7 Å². The van der Waals surface area contributed by atoms with Crippen molar-refractivity contribution in [2.75, 3.05) is 25.0 Å². The summed E-state index contributed by atoms with van der Waals surface area (Å²) in [5.74, 6) is 0.519. The molecule has 33 heavy (non-hydrogen) atoms. The lowest BCUT2D eigenvalue weighted by molar-refractivity contribution is 0.613. The molecule has 0 radical (unpaired) electrons. The Bertz CT molecular complexity index is 1370. The molecule has 4 aromatic rings. The van der Waals surface area contributed by atoms with Gasteiger partial charge in [-0.2, -0.15) is 0 Å². The minimum Gasteiger partial charge on any atom is -0.354 e. The van der Waals surface area contributed by atoms with Crippen LogP contribution in [0.4, 0.5) is 16.0 Å². The van der Waals surface area contributed by atoms with Crippen LogP contribution in [0.3, 0.4) is 0 Å². The van der Waals surface area contributed by atoms with Gasteiger partial charge in [0.15, 0.2) is 0 Å². The molecule has 2 heterocycles. The van der Waals surface area contributed by atoms with Crippen molar-refractivity contribution in [3.8, 4) is 22.4 Å². The first-order valence-electron chi connectivity index (χ1n) is 11.1. The lowest BCUT2D eigenvalue weighted by Crippen LogP contribution is -2.18. The zero-order valence-electron chi connectivity index (χ0n) is 18.4. The Balaban J connectivity index is 1.63. The van der Waals surface area contributed by atoms with E-state index in [1.807, 2.05) is 18.2 Å². The zero-order valence-corrected chi connectivity index (χ0v) is 18.4. The number of hydrogen-bond acceptors (Lipinski definition) is 4. The summed E-state index contributed by atoms with van der Waals surface area (Å²) >= 11 is 0. The number of hydrogen-bond donors (Lipinski definition) is 2. The maximum absolute atomic E-state index is 14.5. The number of halogens is 1. The fourth-order valence-corrected chi connectivity index (χ4v) is 4.36. The third-order valence-electron chi connectivity index (χ3n) is 6.20. The van der Waals surface area contributed by atoms with Gasteiger partial charge in [-0.25, -0.2) is 19.2 Å². The molecule has 1 aromatic heterocycles. The summed E-state index contributed by atoms with van der Waals surface area (Å²) < 4.78 is 14.5. The monoisotopic (exact) mass is 437 g/mol. The van der Waals surface area contributed by atoms with Crippen LogP contribution in [0.1, 0.15) is 12.0 Å². The van der Waals surface area contributed by atoms with E-state index in [4.69, 9.17) is 16.5 Å². The Labute approximate surface area is 192 Å². The van der Waals surface area contributed by atoms with Gasteiger partial charge in [0, 0.05) is 17.5 Å². The Morgan fingerprint density at radius 3 is 2.70 bits per heavy atom. The number of fused-ring (bicyclic) bond motifs is 1. The highest BCUT2D eigenvalue weighted by molar-refractivity contribution is 5.96. The molecule has 5 nitrogen and oxygen atoms in total. The molecule has 1 fully saturated rings. The van der Waals surface area contributed by atoms with Crippen LogP contribution in [0.2, 0.25) is 0 Å². The van der Waals surface area contributed by atoms with E-state index in [2.05, 4.69) is 46.7 Å². The first-order chi connectivity index (χ1) is 16.1. The Hall–Kier alpha value is -3.82. The maximum atomic E-state index is 14.5. The minimum absolute atomic E-state index is 0.00444. The highest BCUT2D eigenvalue weighted by atomic mass is 19.1. The molecule has 0 spiro atoms. The first kappa shape index (κ1) is 21.0. The molecule has 0 bridgehead atoms. The predicted molar refractivity (Wildman–Crippen MR) is 131 cm³/mol. The van der Waals surface area contributed by atoms with E-state index in [0.29, 0.717) is 23.1 Å². The van der Waals surface area contributed by atoms with Crippen LogP contribution in [0.5, 0.6) is 0 Å². The van der Waals surface area contributed by atoms with Crippen molar-refractivity contribution in [1.82, 2.24) is 15.3 Å². The van der Waals surface area contributed by atoms with Crippen LogP contribution in [0.25, 0.3) is 38.1 Å². The van der Waals surface area contributed by atoms with Gasteiger partial charge in [-0.15, -0.1) is 0 Å². The summed E-state index contributed by atoms with van der Waals surface area (Å²) in [4.78, 5) is 12.8. The van der Waals surface area contributed by atoms with Crippen molar-refractivity contribution in [3.63, 3.8) is 0 Å². The molecule has 6 heteroatoms. The average Bonchev–Trinajstić information content (AvgIpc) is 3.36. The Morgan fingerprint density at radius 2 is 1.94 bits per heavy atom. The second-order valence-electron chi connectivity index (χ2n) is 8.46. The van der Waals surface area contributed by atoms with Gasteiger partial charge >= 0.3 is 0 Å². The summed E-state index contributed by atoms with van der Waals surface area (Å²) in [6, 6.07) is 19.0. The van der Waals surface area contributed by atoms with Gasteiger partial charge in [0.25, 0.3) is 0 Å². The summed E-state index contributed by atoms with van der Waals surface area (Å²) in [5.41, 5.74) is 5.44. The SMILES string of the molecule is [C-]#[N+]c1ccc(-c2nc(NC[C@H]3CCNC3)nc3ccc(-c4ccccc4C)cc23)cc1F. The van der Waals surface area contributed by atoms with Crippen molar-refractivity contribution in [2.24, 2.45) is 5.92 Å². The fourth-order valence-electron chi connectivity index (χ4n) is 4.36. The van der Waals surface area contributed by atoms with Gasteiger partial charge < -0.3 is 10.6 Å². The van der Waals surface area contributed by atoms with Crippen molar-refractivity contribution < 1.29 is 4.39 Å². The summed E-state index contributed by atoms with van der Waals surface area (Å²) in [6.45, 7) is 12.0. The third-order valence-corrected chi connectivity index (χ3v) is 6.20. The number of rotatable bonds is 5. The molecule has 3 aromatic carbocycles. The molecule has 2 N–H and O–H groups in total. The van der Waals surface area contributed by atoms with Gasteiger partial charge in [0.05, 0.1) is 17.8 Å². The number of aromatic nitrogens is 2. The molecule has 1 atom stereocenters. The Morgan fingerprint density at radius 1 is 1.09 bits per heavy atom.